The van der Waals surface area contributed by atoms with Gasteiger partial charge in [0.2, 0.25) is 11.8 Å². The lowest BCUT2D eigenvalue weighted by Gasteiger charge is -2.15. The van der Waals surface area contributed by atoms with Crippen LogP contribution in [-0.2, 0) is 33.9 Å². The van der Waals surface area contributed by atoms with Gasteiger partial charge < -0.3 is 19.7 Å². The number of rotatable bonds is 9. The molecular formula is C25H25N3O5S. The molecule has 34 heavy (non-hydrogen) atoms. The average Bonchev–Trinajstić information content (AvgIpc) is 3.46. The average molecular weight is 480 g/mol. The molecule has 1 saturated heterocycles. The number of nitrogens with one attached hydrogen (secondary N) is 1. The topological polar surface area (TPSA) is 97.8 Å². The summed E-state index contributed by atoms with van der Waals surface area (Å²) in [5.41, 5.74) is 2.49. The van der Waals surface area contributed by atoms with Gasteiger partial charge in [0, 0.05) is 24.9 Å². The molecule has 3 aromatic rings. The van der Waals surface area contributed by atoms with Crippen LogP contribution < -0.4 is 10.1 Å². The first-order valence-corrected chi connectivity index (χ1v) is 11.8. The Morgan fingerprint density at radius 1 is 1.18 bits per heavy atom. The number of amides is 2. The summed E-state index contributed by atoms with van der Waals surface area (Å²) >= 11 is 1.33. The van der Waals surface area contributed by atoms with Gasteiger partial charge >= 0.3 is 5.97 Å². The highest BCUT2D eigenvalue weighted by atomic mass is 32.1. The molecule has 4 rings (SSSR count). The number of carbonyl (C=O) groups is 3. The third-order valence-corrected chi connectivity index (χ3v) is 6.25. The van der Waals surface area contributed by atoms with Gasteiger partial charge in [-0.25, -0.2) is 9.78 Å². The minimum Gasteiger partial charge on any atom is -0.495 e. The molecule has 176 valence electrons. The first-order chi connectivity index (χ1) is 16.5. The van der Waals surface area contributed by atoms with Gasteiger partial charge in [-0.15, -0.1) is 11.3 Å². The third-order valence-electron chi connectivity index (χ3n) is 5.35. The summed E-state index contributed by atoms with van der Waals surface area (Å²) in [6.45, 7) is 1.25. The smallest absolute Gasteiger partial charge is 0.338 e. The van der Waals surface area contributed by atoms with Gasteiger partial charge in [-0.05, 0) is 36.2 Å². The summed E-state index contributed by atoms with van der Waals surface area (Å²) < 4.78 is 10.7. The summed E-state index contributed by atoms with van der Waals surface area (Å²) in [6, 6.07) is 14.3. The Kier molecular flexibility index (Phi) is 7.54. The Hall–Kier alpha value is -3.72. The Labute approximate surface area is 201 Å². The number of hydrogen-bond acceptors (Lipinski definition) is 7. The van der Waals surface area contributed by atoms with Gasteiger partial charge in [0.1, 0.15) is 17.4 Å². The van der Waals surface area contributed by atoms with E-state index in [1.165, 1.54) is 11.3 Å². The highest BCUT2D eigenvalue weighted by Crippen LogP contribution is 2.23. The van der Waals surface area contributed by atoms with Crippen molar-refractivity contribution < 1.29 is 23.9 Å². The fraction of sp³-hybridized carbons (Fsp3) is 0.280. The molecule has 1 fully saturated rings. The van der Waals surface area contributed by atoms with Crippen LogP contribution in [0.2, 0.25) is 0 Å². The number of methoxy groups -OCH3 is 1. The summed E-state index contributed by atoms with van der Waals surface area (Å²) in [5.74, 6) is 0.0522. The molecule has 1 N–H and O–H groups in total. The molecule has 0 saturated carbocycles. The van der Waals surface area contributed by atoms with Crippen molar-refractivity contribution in [3.63, 3.8) is 0 Å². The first-order valence-electron chi connectivity index (χ1n) is 10.9. The molecule has 8 nitrogen and oxygen atoms in total. The lowest BCUT2D eigenvalue weighted by Crippen LogP contribution is -2.23. The van der Waals surface area contributed by atoms with E-state index < -0.39 is 5.97 Å². The zero-order valence-electron chi connectivity index (χ0n) is 18.8. The largest absolute Gasteiger partial charge is 0.495 e. The van der Waals surface area contributed by atoms with Crippen LogP contribution >= 0.6 is 11.3 Å². The molecule has 2 aromatic carbocycles. The van der Waals surface area contributed by atoms with E-state index in [0.29, 0.717) is 40.7 Å². The number of ether oxygens (including phenoxy) is 2. The number of hydrogen-bond donors (Lipinski definition) is 1. The number of para-hydroxylation sites is 2. The second kappa shape index (κ2) is 10.9. The molecule has 2 heterocycles. The van der Waals surface area contributed by atoms with Gasteiger partial charge in [-0.2, -0.15) is 0 Å². The van der Waals surface area contributed by atoms with Gasteiger partial charge in [-0.3, -0.25) is 9.59 Å². The van der Waals surface area contributed by atoms with E-state index in [1.54, 1.807) is 47.7 Å². The molecule has 9 heteroatoms. The SMILES string of the molecule is COc1ccccc1NC(=O)Cc1nc(COC(=O)c2cccc(CN3CCCC3=O)c2)cs1. The van der Waals surface area contributed by atoms with Crippen molar-refractivity contribution in [3.8, 4) is 5.75 Å². The molecule has 1 aromatic heterocycles. The number of nitrogens with zero attached hydrogens (tertiary/aromatic N) is 2. The normalized spacial score (nSPS) is 13.1. The molecule has 0 radical (unpaired) electrons. The van der Waals surface area contributed by atoms with Crippen molar-refractivity contribution in [3.05, 3.63) is 75.7 Å². The van der Waals surface area contributed by atoms with E-state index in [2.05, 4.69) is 10.3 Å². The lowest BCUT2D eigenvalue weighted by atomic mass is 10.1. The van der Waals surface area contributed by atoms with E-state index in [1.807, 2.05) is 18.2 Å². The molecule has 0 unspecified atom stereocenters. The lowest BCUT2D eigenvalue weighted by molar-refractivity contribution is -0.128. The van der Waals surface area contributed by atoms with Crippen LogP contribution in [0.15, 0.2) is 53.9 Å². The molecule has 2 amide bonds. The van der Waals surface area contributed by atoms with Crippen LogP contribution in [-0.4, -0.2) is 41.3 Å². The number of thiazole rings is 1. The molecule has 1 aliphatic rings. The minimum absolute atomic E-state index is 0.0122. The Balaban J connectivity index is 1.29. The first kappa shape index (κ1) is 23.4. The second-order valence-corrected chi connectivity index (χ2v) is 8.80. The molecule has 0 spiro atoms. The third kappa shape index (κ3) is 5.99. The van der Waals surface area contributed by atoms with E-state index in [0.717, 1.165) is 18.5 Å². The van der Waals surface area contributed by atoms with Crippen molar-refractivity contribution in [2.75, 3.05) is 19.0 Å². The molecule has 0 atom stereocenters. The summed E-state index contributed by atoms with van der Waals surface area (Å²) in [7, 11) is 1.55. The monoisotopic (exact) mass is 479 g/mol. The zero-order valence-corrected chi connectivity index (χ0v) is 19.6. The fourth-order valence-electron chi connectivity index (χ4n) is 3.69. The van der Waals surface area contributed by atoms with Crippen LogP contribution in [0.3, 0.4) is 0 Å². The van der Waals surface area contributed by atoms with Crippen molar-refractivity contribution >= 4 is 34.8 Å². The fourth-order valence-corrected chi connectivity index (χ4v) is 4.46. The number of carbonyl (C=O) groups excluding carboxylic acids is 3. The predicted octanol–water partition coefficient (Wildman–Crippen LogP) is 3.81. The standard InChI is InChI=1S/C25H25N3O5S/c1-32-21-9-3-2-8-20(21)27-22(29)13-23-26-19(16-34-23)15-33-25(31)18-7-4-6-17(12-18)14-28-11-5-10-24(28)30/h2-4,6-9,12,16H,5,10-11,13-15H2,1H3,(H,27,29). The van der Waals surface area contributed by atoms with E-state index in [-0.39, 0.29) is 24.8 Å². The van der Waals surface area contributed by atoms with Gasteiger partial charge in [0.05, 0.1) is 30.5 Å². The van der Waals surface area contributed by atoms with Crippen LogP contribution in [0, 0.1) is 0 Å². The maximum atomic E-state index is 12.5. The molecule has 0 aliphatic carbocycles. The predicted molar refractivity (Wildman–Crippen MR) is 128 cm³/mol. The van der Waals surface area contributed by atoms with Gasteiger partial charge in [0.15, 0.2) is 0 Å². The number of esters is 1. The van der Waals surface area contributed by atoms with Crippen LogP contribution in [0.4, 0.5) is 5.69 Å². The maximum Gasteiger partial charge on any atom is 0.338 e. The van der Waals surface area contributed by atoms with E-state index in [9.17, 15) is 14.4 Å². The highest BCUT2D eigenvalue weighted by molar-refractivity contribution is 7.09. The maximum absolute atomic E-state index is 12.5. The van der Waals surface area contributed by atoms with Crippen molar-refractivity contribution in [1.29, 1.82) is 0 Å². The van der Waals surface area contributed by atoms with Gasteiger partial charge in [0.25, 0.3) is 0 Å². The second-order valence-electron chi connectivity index (χ2n) is 7.85. The van der Waals surface area contributed by atoms with Crippen molar-refractivity contribution in [2.24, 2.45) is 0 Å². The van der Waals surface area contributed by atoms with E-state index >= 15 is 0 Å². The number of benzene rings is 2. The number of anilines is 1. The molecule has 0 bridgehead atoms. The quantitative estimate of drug-likeness (QED) is 0.469. The minimum atomic E-state index is -0.460. The van der Waals surface area contributed by atoms with Crippen LogP contribution in [0.1, 0.15) is 39.5 Å². The summed E-state index contributed by atoms with van der Waals surface area (Å²) in [4.78, 5) is 42.9. The molecule has 1 aliphatic heterocycles. The van der Waals surface area contributed by atoms with E-state index in [4.69, 9.17) is 9.47 Å². The number of likely N-dealkylation sites (tertiary alicyclic amines) is 1. The number of aromatic nitrogens is 1. The van der Waals surface area contributed by atoms with Crippen LogP contribution in [0.25, 0.3) is 0 Å². The Morgan fingerprint density at radius 3 is 2.82 bits per heavy atom. The Morgan fingerprint density at radius 2 is 2.03 bits per heavy atom. The van der Waals surface area contributed by atoms with Crippen LogP contribution in [0.5, 0.6) is 5.75 Å². The highest BCUT2D eigenvalue weighted by Gasteiger charge is 2.20. The summed E-state index contributed by atoms with van der Waals surface area (Å²) in [6.07, 6.45) is 1.56. The summed E-state index contributed by atoms with van der Waals surface area (Å²) in [5, 5.41) is 5.21. The Bertz CT molecular complexity index is 1190. The zero-order chi connectivity index (χ0) is 23.9. The van der Waals surface area contributed by atoms with Crippen molar-refractivity contribution in [2.45, 2.75) is 32.4 Å². The van der Waals surface area contributed by atoms with Gasteiger partial charge in [-0.1, -0.05) is 24.3 Å². The molecular weight excluding hydrogens is 454 g/mol. The van der Waals surface area contributed by atoms with Crippen molar-refractivity contribution in [1.82, 2.24) is 9.88 Å².